The van der Waals surface area contributed by atoms with Crippen molar-refractivity contribution >= 4 is 35.2 Å². The largest absolute Gasteiger partial charge is 0.380 e. The molecule has 2 heterocycles. The number of carbonyl (C=O) groups is 2. The fourth-order valence-corrected chi connectivity index (χ4v) is 4.40. The number of anilines is 4. The fraction of sp³-hybridized carbons (Fsp3) is 0.433. The molecule has 0 unspecified atom stereocenters. The highest BCUT2D eigenvalue weighted by Gasteiger charge is 2.18. The summed E-state index contributed by atoms with van der Waals surface area (Å²) in [5.41, 5.74) is 2.58. The van der Waals surface area contributed by atoms with Crippen molar-refractivity contribution in [2.75, 3.05) is 80.0 Å². The molecule has 2 aromatic carbocycles. The molecule has 0 saturated carbocycles. The smallest absolute Gasteiger partial charge is 0.323 e. The standard InChI is InChI=1S/C30H40N8O4/c1-4-16-37(5-2)27(39)23-9-13-25(14-10-23)33-30(40)32-24-11-7-22(8-12-24)26-34-28(31-15-19-41-6-3)36-29(35-26)38-17-20-42-21-18-38/h7-14H,4-6,15-21H2,1-3H3,(H2,32,33,40)(H,31,34,35,36). The lowest BCUT2D eigenvalue weighted by molar-refractivity contribution is 0.0764. The summed E-state index contributed by atoms with van der Waals surface area (Å²) < 4.78 is 10.9. The molecule has 1 aliphatic rings. The van der Waals surface area contributed by atoms with Gasteiger partial charge >= 0.3 is 6.03 Å². The Morgan fingerprint density at radius 1 is 0.929 bits per heavy atom. The molecule has 3 amide bonds. The second kappa shape index (κ2) is 15.6. The molecule has 12 nitrogen and oxygen atoms in total. The summed E-state index contributed by atoms with van der Waals surface area (Å²) >= 11 is 0. The molecule has 0 spiro atoms. The number of nitrogens with one attached hydrogen (secondary N) is 3. The summed E-state index contributed by atoms with van der Waals surface area (Å²) in [5, 5.41) is 8.87. The zero-order valence-electron chi connectivity index (χ0n) is 24.6. The summed E-state index contributed by atoms with van der Waals surface area (Å²) in [6.07, 6.45) is 0.901. The van der Waals surface area contributed by atoms with Crippen molar-refractivity contribution in [3.63, 3.8) is 0 Å². The molecule has 1 saturated heterocycles. The maximum absolute atomic E-state index is 12.7. The zero-order valence-corrected chi connectivity index (χ0v) is 24.6. The highest BCUT2D eigenvalue weighted by atomic mass is 16.5. The van der Waals surface area contributed by atoms with Gasteiger partial charge in [0.2, 0.25) is 11.9 Å². The average molecular weight is 577 g/mol. The minimum atomic E-state index is -0.390. The number of benzene rings is 2. The monoisotopic (exact) mass is 576 g/mol. The van der Waals surface area contributed by atoms with Crippen molar-refractivity contribution in [1.82, 2.24) is 19.9 Å². The van der Waals surface area contributed by atoms with Crippen LogP contribution in [0.5, 0.6) is 0 Å². The minimum absolute atomic E-state index is 0.0147. The van der Waals surface area contributed by atoms with Crippen LogP contribution in [0.25, 0.3) is 11.4 Å². The molecule has 3 aromatic rings. The third kappa shape index (κ3) is 8.60. The van der Waals surface area contributed by atoms with Crippen LogP contribution in [-0.2, 0) is 9.47 Å². The van der Waals surface area contributed by atoms with Gasteiger partial charge in [-0.05, 0) is 68.8 Å². The van der Waals surface area contributed by atoms with Gasteiger partial charge in [0, 0.05) is 61.8 Å². The first-order valence-electron chi connectivity index (χ1n) is 14.5. The summed E-state index contributed by atoms with van der Waals surface area (Å²) in [5.74, 6) is 1.57. The van der Waals surface area contributed by atoms with Crippen LogP contribution in [0.2, 0.25) is 0 Å². The first-order valence-corrected chi connectivity index (χ1v) is 14.5. The molecule has 224 valence electrons. The van der Waals surface area contributed by atoms with Gasteiger partial charge in [-0.25, -0.2) is 4.79 Å². The SMILES string of the molecule is CCCN(CC)C(=O)c1ccc(NC(=O)Nc2ccc(-c3nc(NCCOCC)nc(N4CCOCC4)n3)cc2)cc1. The van der Waals surface area contributed by atoms with Crippen LogP contribution in [0.15, 0.2) is 48.5 Å². The maximum Gasteiger partial charge on any atom is 0.323 e. The average Bonchev–Trinajstić information content (AvgIpc) is 3.02. The van der Waals surface area contributed by atoms with E-state index in [0.717, 1.165) is 12.0 Å². The number of hydrogen-bond acceptors (Lipinski definition) is 9. The molecule has 12 heteroatoms. The zero-order chi connectivity index (χ0) is 29.7. The molecular formula is C30H40N8O4. The van der Waals surface area contributed by atoms with Gasteiger partial charge < -0.3 is 35.2 Å². The highest BCUT2D eigenvalue weighted by molar-refractivity contribution is 6.00. The molecular weight excluding hydrogens is 536 g/mol. The van der Waals surface area contributed by atoms with Crippen molar-refractivity contribution in [2.24, 2.45) is 0 Å². The lowest BCUT2D eigenvalue weighted by atomic mass is 10.1. The van der Waals surface area contributed by atoms with Gasteiger partial charge in [-0.2, -0.15) is 15.0 Å². The van der Waals surface area contributed by atoms with Crippen molar-refractivity contribution in [2.45, 2.75) is 27.2 Å². The Hall–Kier alpha value is -4.29. The number of carbonyl (C=O) groups excluding carboxylic acids is 2. The van der Waals surface area contributed by atoms with Crippen LogP contribution in [-0.4, -0.2) is 90.9 Å². The minimum Gasteiger partial charge on any atom is -0.380 e. The van der Waals surface area contributed by atoms with E-state index in [1.54, 1.807) is 41.3 Å². The van der Waals surface area contributed by atoms with Crippen molar-refractivity contribution in [3.8, 4) is 11.4 Å². The number of hydrogen-bond donors (Lipinski definition) is 3. The molecule has 3 N–H and O–H groups in total. The summed E-state index contributed by atoms with van der Waals surface area (Å²) in [6.45, 7) is 11.7. The fourth-order valence-electron chi connectivity index (χ4n) is 4.40. The van der Waals surface area contributed by atoms with E-state index in [4.69, 9.17) is 14.5 Å². The normalized spacial score (nSPS) is 13.0. The van der Waals surface area contributed by atoms with E-state index in [1.165, 1.54) is 0 Å². The molecule has 1 aromatic heterocycles. The van der Waals surface area contributed by atoms with Crippen LogP contribution >= 0.6 is 0 Å². The van der Waals surface area contributed by atoms with E-state index < -0.39 is 6.03 Å². The second-order valence-corrected chi connectivity index (χ2v) is 9.62. The van der Waals surface area contributed by atoms with Crippen LogP contribution in [0.3, 0.4) is 0 Å². The van der Waals surface area contributed by atoms with E-state index in [0.29, 0.717) is 93.8 Å². The molecule has 42 heavy (non-hydrogen) atoms. The predicted octanol–water partition coefficient (Wildman–Crippen LogP) is 4.34. The molecule has 0 radical (unpaired) electrons. The van der Waals surface area contributed by atoms with Gasteiger partial charge in [-0.15, -0.1) is 0 Å². The van der Waals surface area contributed by atoms with Crippen LogP contribution in [0.4, 0.5) is 28.1 Å². The Bertz CT molecular complexity index is 1300. The molecule has 0 bridgehead atoms. The number of nitrogens with zero attached hydrogens (tertiary/aromatic N) is 5. The van der Waals surface area contributed by atoms with E-state index in [2.05, 4.69) is 30.8 Å². The van der Waals surface area contributed by atoms with Crippen molar-refractivity contribution < 1.29 is 19.1 Å². The Kier molecular flexibility index (Phi) is 11.4. The molecule has 4 rings (SSSR count). The van der Waals surface area contributed by atoms with Gasteiger partial charge in [-0.1, -0.05) is 6.92 Å². The van der Waals surface area contributed by atoms with E-state index >= 15 is 0 Å². The number of morpholine rings is 1. The quantitative estimate of drug-likeness (QED) is 0.254. The van der Waals surface area contributed by atoms with Crippen molar-refractivity contribution in [1.29, 1.82) is 0 Å². The van der Waals surface area contributed by atoms with Gasteiger partial charge in [0.05, 0.1) is 19.8 Å². The lowest BCUT2D eigenvalue weighted by Crippen LogP contribution is -2.37. The Morgan fingerprint density at radius 3 is 2.21 bits per heavy atom. The topological polar surface area (TPSA) is 134 Å². The number of amides is 3. The van der Waals surface area contributed by atoms with Crippen LogP contribution in [0.1, 0.15) is 37.6 Å². The first-order chi connectivity index (χ1) is 20.5. The predicted molar refractivity (Wildman–Crippen MR) is 164 cm³/mol. The maximum atomic E-state index is 12.7. The molecule has 1 aliphatic heterocycles. The van der Waals surface area contributed by atoms with Gasteiger partial charge in [0.25, 0.3) is 5.91 Å². The summed E-state index contributed by atoms with van der Waals surface area (Å²) in [7, 11) is 0. The van der Waals surface area contributed by atoms with Crippen molar-refractivity contribution in [3.05, 3.63) is 54.1 Å². The molecule has 0 atom stereocenters. The summed E-state index contributed by atoms with van der Waals surface area (Å²) in [4.78, 5) is 43.1. The third-order valence-electron chi connectivity index (χ3n) is 6.60. The van der Waals surface area contributed by atoms with Crippen LogP contribution < -0.4 is 20.9 Å². The number of ether oxygens (including phenoxy) is 2. The second-order valence-electron chi connectivity index (χ2n) is 9.62. The van der Waals surface area contributed by atoms with Crippen LogP contribution in [0, 0.1) is 0 Å². The number of rotatable bonds is 13. The molecule has 1 fully saturated rings. The van der Waals surface area contributed by atoms with E-state index in [9.17, 15) is 9.59 Å². The highest BCUT2D eigenvalue weighted by Crippen LogP contribution is 2.22. The Labute approximate surface area is 246 Å². The lowest BCUT2D eigenvalue weighted by Gasteiger charge is -2.27. The Balaban J connectivity index is 1.40. The first kappa shape index (κ1) is 30.7. The number of urea groups is 1. The van der Waals surface area contributed by atoms with E-state index in [1.807, 2.05) is 32.9 Å². The van der Waals surface area contributed by atoms with Gasteiger partial charge in [-0.3, -0.25) is 4.79 Å². The third-order valence-corrected chi connectivity index (χ3v) is 6.60. The Morgan fingerprint density at radius 2 is 1.60 bits per heavy atom. The van der Waals surface area contributed by atoms with Gasteiger partial charge in [0.1, 0.15) is 0 Å². The number of aromatic nitrogens is 3. The van der Waals surface area contributed by atoms with Gasteiger partial charge in [0.15, 0.2) is 5.82 Å². The molecule has 0 aliphatic carbocycles. The summed E-state index contributed by atoms with van der Waals surface area (Å²) in [6, 6.07) is 13.8. The van der Waals surface area contributed by atoms with E-state index in [-0.39, 0.29) is 5.91 Å².